The van der Waals surface area contributed by atoms with Crippen LogP contribution in [-0.4, -0.2) is 41.1 Å². The zero-order valence-corrected chi connectivity index (χ0v) is 23.2. The number of hydrogen-bond acceptors (Lipinski definition) is 5. The minimum absolute atomic E-state index is 0.147. The average molecular weight is 564 g/mol. The Hall–Kier alpha value is -5.52. The largest absolute Gasteiger partial charge is 0.360 e. The lowest BCUT2D eigenvalue weighted by molar-refractivity contribution is -0.138. The lowest BCUT2D eigenvalue weighted by atomic mass is 9.51. The number of ketones is 1. The molecule has 2 amide bonds. The van der Waals surface area contributed by atoms with Crippen LogP contribution in [0.4, 0.5) is 17.1 Å². The van der Waals surface area contributed by atoms with Gasteiger partial charge in [-0.15, -0.1) is 0 Å². The molecule has 2 N–H and O–H groups in total. The molecule has 4 heterocycles. The third-order valence-electron chi connectivity index (χ3n) is 9.62. The van der Waals surface area contributed by atoms with Crippen molar-refractivity contribution < 1.29 is 14.4 Å². The number of benzene rings is 4. The molecular weight excluding hydrogens is 538 g/mol. The number of aromatic nitrogens is 1. The SMILES string of the molecule is CN1C[C@](C#N)(C(=O)c2c[nH]c3ccccc23)[C@]2(C(=O)Nc3ccccc32)[C@@]12C(=O)N(c1ccccc1)c1ccccc12. The Labute approximate surface area is 247 Å². The van der Waals surface area contributed by atoms with Gasteiger partial charge in [0.15, 0.2) is 11.2 Å². The molecule has 8 rings (SSSR count). The van der Waals surface area contributed by atoms with Crippen LogP contribution in [-0.2, 0) is 20.5 Å². The summed E-state index contributed by atoms with van der Waals surface area (Å²) in [5.41, 5.74) is -1.82. The van der Waals surface area contributed by atoms with Crippen LogP contribution < -0.4 is 10.2 Å². The summed E-state index contributed by atoms with van der Waals surface area (Å²) in [4.78, 5) is 51.8. The molecule has 1 aromatic heterocycles. The number of Topliss-reactive ketones (excluding diaryl/α,β-unsaturated/α-hetero) is 1. The first-order valence-corrected chi connectivity index (χ1v) is 14.1. The minimum atomic E-state index is -1.97. The van der Waals surface area contributed by atoms with Gasteiger partial charge in [-0.25, -0.2) is 0 Å². The lowest BCUT2D eigenvalue weighted by Gasteiger charge is -2.45. The second kappa shape index (κ2) is 8.51. The number of rotatable bonds is 3. The van der Waals surface area contributed by atoms with Gasteiger partial charge in [0, 0.05) is 46.1 Å². The molecule has 0 saturated carbocycles. The standard InChI is InChI=1S/C35H25N5O3/c1-39-21-33(20-36,30(41)24-19-37-27-16-8-5-13-23(24)27)34(25-14-6-9-17-28(25)38-31(34)42)35(39)26-15-7-10-18-29(26)40(32(35)43)22-11-3-2-4-12-22/h2-19,37H,21H2,1H3,(H,38,42)/t33-,34+,35-/m1/s1. The van der Waals surface area contributed by atoms with Crippen LogP contribution in [0.5, 0.6) is 0 Å². The molecule has 208 valence electrons. The second-order valence-corrected chi connectivity index (χ2v) is 11.4. The summed E-state index contributed by atoms with van der Waals surface area (Å²) in [5.74, 6) is -1.45. The van der Waals surface area contributed by atoms with Gasteiger partial charge in [0.05, 0.1) is 11.8 Å². The molecule has 0 unspecified atom stereocenters. The molecule has 0 bridgehead atoms. The summed E-state index contributed by atoms with van der Waals surface area (Å²) in [7, 11) is 1.74. The molecule has 2 spiro atoms. The van der Waals surface area contributed by atoms with E-state index < -0.39 is 34.0 Å². The van der Waals surface area contributed by atoms with E-state index >= 15 is 9.59 Å². The van der Waals surface area contributed by atoms with Gasteiger partial charge in [-0.3, -0.25) is 24.2 Å². The van der Waals surface area contributed by atoms with Gasteiger partial charge in [-0.1, -0.05) is 72.8 Å². The van der Waals surface area contributed by atoms with Crippen molar-refractivity contribution in [3.8, 4) is 6.07 Å². The van der Waals surface area contributed by atoms with Crippen molar-refractivity contribution in [1.82, 2.24) is 9.88 Å². The summed E-state index contributed by atoms with van der Waals surface area (Å²) in [5, 5.41) is 14.9. The predicted octanol–water partition coefficient (Wildman–Crippen LogP) is 5.27. The van der Waals surface area contributed by atoms with Crippen molar-refractivity contribution in [3.63, 3.8) is 0 Å². The maximum atomic E-state index is 15.3. The maximum Gasteiger partial charge on any atom is 0.258 e. The highest BCUT2D eigenvalue weighted by molar-refractivity contribution is 6.25. The van der Waals surface area contributed by atoms with Crippen molar-refractivity contribution in [3.05, 3.63) is 126 Å². The quantitative estimate of drug-likeness (QED) is 0.291. The first kappa shape index (κ1) is 25.2. The number of para-hydroxylation sites is 4. The van der Waals surface area contributed by atoms with Gasteiger partial charge in [0.1, 0.15) is 11.0 Å². The van der Waals surface area contributed by atoms with Crippen molar-refractivity contribution in [2.45, 2.75) is 11.0 Å². The van der Waals surface area contributed by atoms with Crippen molar-refractivity contribution in [2.75, 3.05) is 23.8 Å². The summed E-state index contributed by atoms with van der Waals surface area (Å²) < 4.78 is 0. The third-order valence-corrected chi connectivity index (χ3v) is 9.62. The monoisotopic (exact) mass is 563 g/mol. The molecule has 0 aliphatic carbocycles. The van der Waals surface area contributed by atoms with Crippen LogP contribution in [0, 0.1) is 16.7 Å². The number of nitrogens with one attached hydrogen (secondary N) is 2. The number of likely N-dealkylation sites (tertiary alicyclic amines) is 1. The number of carbonyl (C=O) groups excluding carboxylic acids is 3. The number of H-pyrrole nitrogens is 1. The van der Waals surface area contributed by atoms with Crippen LogP contribution in [0.15, 0.2) is 109 Å². The number of hydrogen-bond donors (Lipinski definition) is 2. The Morgan fingerprint density at radius 1 is 0.860 bits per heavy atom. The van der Waals surface area contributed by atoms with Gasteiger partial charge in [-0.05, 0) is 42.9 Å². The topological polar surface area (TPSA) is 109 Å². The van der Waals surface area contributed by atoms with Crippen molar-refractivity contribution in [2.24, 2.45) is 5.41 Å². The van der Waals surface area contributed by atoms with E-state index in [1.54, 1.807) is 47.3 Å². The molecule has 8 nitrogen and oxygen atoms in total. The zero-order chi connectivity index (χ0) is 29.6. The zero-order valence-electron chi connectivity index (χ0n) is 23.2. The van der Waals surface area contributed by atoms with Gasteiger partial charge >= 0.3 is 0 Å². The van der Waals surface area contributed by atoms with E-state index in [0.29, 0.717) is 39.1 Å². The summed E-state index contributed by atoms with van der Waals surface area (Å²) in [6.07, 6.45) is 1.60. The Kier molecular flexibility index (Phi) is 4.99. The minimum Gasteiger partial charge on any atom is -0.360 e. The summed E-state index contributed by atoms with van der Waals surface area (Å²) >= 11 is 0. The van der Waals surface area contributed by atoms with E-state index in [1.165, 1.54) is 0 Å². The number of fused-ring (bicyclic) bond motifs is 6. The molecule has 4 aromatic carbocycles. The van der Waals surface area contributed by atoms with Gasteiger partial charge in [-0.2, -0.15) is 5.26 Å². The van der Waals surface area contributed by atoms with E-state index in [9.17, 15) is 10.1 Å². The highest BCUT2D eigenvalue weighted by Gasteiger charge is 2.84. The van der Waals surface area contributed by atoms with E-state index in [1.807, 2.05) is 78.9 Å². The smallest absolute Gasteiger partial charge is 0.258 e. The number of anilines is 3. The van der Waals surface area contributed by atoms with Gasteiger partial charge < -0.3 is 10.3 Å². The fraction of sp³-hybridized carbons (Fsp3) is 0.143. The molecule has 0 radical (unpaired) electrons. The predicted molar refractivity (Wildman–Crippen MR) is 162 cm³/mol. The van der Waals surface area contributed by atoms with Gasteiger partial charge in [0.2, 0.25) is 5.91 Å². The molecule has 1 saturated heterocycles. The molecule has 43 heavy (non-hydrogen) atoms. The molecule has 5 aromatic rings. The van der Waals surface area contributed by atoms with Crippen LogP contribution >= 0.6 is 0 Å². The highest BCUT2D eigenvalue weighted by atomic mass is 16.2. The third kappa shape index (κ3) is 2.71. The molecule has 3 aliphatic rings. The Morgan fingerprint density at radius 3 is 2.33 bits per heavy atom. The fourth-order valence-electron chi connectivity index (χ4n) is 8.06. The number of likely N-dealkylation sites (N-methyl/N-ethyl adjacent to an activating group) is 1. The lowest BCUT2D eigenvalue weighted by Crippen LogP contribution is -2.65. The summed E-state index contributed by atoms with van der Waals surface area (Å²) in [6, 6.07) is 33.5. The van der Waals surface area contributed by atoms with Crippen molar-refractivity contribution >= 4 is 45.6 Å². The van der Waals surface area contributed by atoms with E-state index in [2.05, 4.69) is 16.4 Å². The van der Waals surface area contributed by atoms with Gasteiger partial charge in [0.25, 0.3) is 5.91 Å². The van der Waals surface area contributed by atoms with Crippen LogP contribution in [0.3, 0.4) is 0 Å². The van der Waals surface area contributed by atoms with Crippen LogP contribution in [0.2, 0.25) is 0 Å². The molecule has 3 atom stereocenters. The first-order chi connectivity index (χ1) is 20.9. The molecule has 8 heteroatoms. The average Bonchev–Trinajstić information content (AvgIpc) is 3.74. The summed E-state index contributed by atoms with van der Waals surface area (Å²) in [6.45, 7) is -0.147. The number of carbonyl (C=O) groups is 3. The Balaban J connectivity index is 1.50. The van der Waals surface area contributed by atoms with E-state index in [-0.39, 0.29) is 6.54 Å². The molecule has 3 aliphatic heterocycles. The highest BCUT2D eigenvalue weighted by Crippen LogP contribution is 2.69. The van der Waals surface area contributed by atoms with Crippen LogP contribution in [0.25, 0.3) is 10.9 Å². The number of aromatic amines is 1. The number of amides is 2. The number of nitrogens with zero attached hydrogens (tertiary/aromatic N) is 3. The first-order valence-electron chi connectivity index (χ1n) is 14.1. The van der Waals surface area contributed by atoms with Crippen molar-refractivity contribution in [1.29, 1.82) is 5.26 Å². The maximum absolute atomic E-state index is 15.3. The van der Waals surface area contributed by atoms with Crippen LogP contribution in [0.1, 0.15) is 21.5 Å². The molecular formula is C35H25N5O3. The second-order valence-electron chi connectivity index (χ2n) is 11.4. The Bertz CT molecular complexity index is 2060. The normalized spacial score (nSPS) is 25.7. The van der Waals surface area contributed by atoms with E-state index in [0.717, 1.165) is 5.52 Å². The molecule has 1 fully saturated rings. The fourth-order valence-corrected chi connectivity index (χ4v) is 8.06. The Morgan fingerprint density at radius 2 is 1.53 bits per heavy atom. The van der Waals surface area contributed by atoms with E-state index in [4.69, 9.17) is 0 Å². The number of nitriles is 1.